The molecule has 0 unspecified atom stereocenters. The van der Waals surface area contributed by atoms with Crippen LogP contribution in [0.15, 0.2) is 18.2 Å². The van der Waals surface area contributed by atoms with Gasteiger partial charge in [0.25, 0.3) is 0 Å². The van der Waals surface area contributed by atoms with Gasteiger partial charge in [-0.05, 0) is 31.9 Å². The highest BCUT2D eigenvalue weighted by molar-refractivity contribution is 5.75. The first-order valence-corrected chi connectivity index (χ1v) is 5.57. The fourth-order valence-electron chi connectivity index (χ4n) is 1.39. The van der Waals surface area contributed by atoms with Crippen LogP contribution in [-0.4, -0.2) is 12.1 Å². The van der Waals surface area contributed by atoms with Gasteiger partial charge in [0.15, 0.2) is 0 Å². The van der Waals surface area contributed by atoms with E-state index in [1.165, 1.54) is 0 Å². The lowest BCUT2D eigenvalue weighted by atomic mass is 10.1. The number of rotatable bonds is 4. The Labute approximate surface area is 96.6 Å². The summed E-state index contributed by atoms with van der Waals surface area (Å²) in [6, 6.07) is 5.67. The van der Waals surface area contributed by atoms with Crippen LogP contribution < -0.4 is 5.73 Å². The second kappa shape index (κ2) is 5.54. The van der Waals surface area contributed by atoms with Crippen molar-refractivity contribution in [1.82, 2.24) is 0 Å². The molecule has 0 spiro atoms. The number of aryl methyl sites for hydroxylation is 1. The number of esters is 1. The summed E-state index contributed by atoms with van der Waals surface area (Å²) in [4.78, 5) is 11.6. The summed E-state index contributed by atoms with van der Waals surface area (Å²) in [7, 11) is 0. The third-order valence-corrected chi connectivity index (χ3v) is 2.54. The molecule has 0 aromatic heterocycles. The molecule has 0 fully saturated rings. The van der Waals surface area contributed by atoms with Gasteiger partial charge in [-0.25, -0.2) is 0 Å². The molecule has 0 bridgehead atoms. The number of hydrogen-bond donors (Lipinski definition) is 1. The van der Waals surface area contributed by atoms with Gasteiger partial charge >= 0.3 is 5.97 Å². The lowest BCUT2D eigenvalue weighted by Crippen LogP contribution is -2.16. The Morgan fingerprint density at radius 2 is 2.19 bits per heavy atom. The standard InChI is InChI=1S/C13H19NO2/c1-4-10(3)16-13(15)8-11-7-9(2)5-6-12(11)14/h5-7,10H,4,8,14H2,1-3H3/t10-/m0/s1. The zero-order valence-electron chi connectivity index (χ0n) is 10.1. The smallest absolute Gasteiger partial charge is 0.310 e. The van der Waals surface area contributed by atoms with Crippen molar-refractivity contribution in [3.8, 4) is 0 Å². The van der Waals surface area contributed by atoms with E-state index < -0.39 is 0 Å². The predicted octanol–water partition coefficient (Wildman–Crippen LogP) is 2.46. The van der Waals surface area contributed by atoms with Gasteiger partial charge in [-0.2, -0.15) is 0 Å². The van der Waals surface area contributed by atoms with E-state index in [4.69, 9.17) is 10.5 Å². The molecular weight excluding hydrogens is 202 g/mol. The van der Waals surface area contributed by atoms with Gasteiger partial charge in [0.1, 0.15) is 0 Å². The van der Waals surface area contributed by atoms with E-state index in [9.17, 15) is 4.79 Å². The highest BCUT2D eigenvalue weighted by atomic mass is 16.5. The Bertz CT molecular complexity index is 374. The molecule has 1 rings (SSSR count). The van der Waals surface area contributed by atoms with Crippen molar-refractivity contribution in [2.45, 2.75) is 39.7 Å². The highest BCUT2D eigenvalue weighted by Gasteiger charge is 2.10. The van der Waals surface area contributed by atoms with Gasteiger partial charge in [0.2, 0.25) is 0 Å². The predicted molar refractivity (Wildman–Crippen MR) is 65.1 cm³/mol. The SMILES string of the molecule is CC[C@H](C)OC(=O)Cc1cc(C)ccc1N. The minimum Gasteiger partial charge on any atom is -0.462 e. The second-order valence-electron chi connectivity index (χ2n) is 4.09. The summed E-state index contributed by atoms with van der Waals surface area (Å²) in [5, 5.41) is 0. The van der Waals surface area contributed by atoms with Crippen molar-refractivity contribution < 1.29 is 9.53 Å². The van der Waals surface area contributed by atoms with E-state index in [2.05, 4.69) is 0 Å². The molecule has 0 saturated carbocycles. The number of carbonyl (C=O) groups is 1. The Morgan fingerprint density at radius 3 is 2.81 bits per heavy atom. The second-order valence-corrected chi connectivity index (χ2v) is 4.09. The molecule has 1 aromatic carbocycles. The van der Waals surface area contributed by atoms with Crippen LogP contribution in [0.5, 0.6) is 0 Å². The molecule has 1 aromatic rings. The minimum atomic E-state index is -0.216. The number of hydrogen-bond acceptors (Lipinski definition) is 3. The fourth-order valence-corrected chi connectivity index (χ4v) is 1.39. The van der Waals surface area contributed by atoms with E-state index in [0.29, 0.717) is 5.69 Å². The van der Waals surface area contributed by atoms with Gasteiger partial charge in [-0.15, -0.1) is 0 Å². The molecule has 16 heavy (non-hydrogen) atoms. The summed E-state index contributed by atoms with van der Waals surface area (Å²) in [5.74, 6) is -0.216. The molecule has 0 aliphatic carbocycles. The molecule has 0 radical (unpaired) electrons. The molecule has 0 heterocycles. The average molecular weight is 221 g/mol. The first-order chi connectivity index (χ1) is 7.52. The zero-order chi connectivity index (χ0) is 12.1. The van der Waals surface area contributed by atoms with Crippen LogP contribution in [0.1, 0.15) is 31.4 Å². The van der Waals surface area contributed by atoms with E-state index >= 15 is 0 Å². The Hall–Kier alpha value is -1.51. The minimum absolute atomic E-state index is 0.0291. The number of anilines is 1. The molecule has 0 saturated heterocycles. The maximum atomic E-state index is 11.6. The summed E-state index contributed by atoms with van der Waals surface area (Å²) < 4.78 is 5.20. The van der Waals surface area contributed by atoms with Crippen molar-refractivity contribution in [2.24, 2.45) is 0 Å². The number of nitrogen functional groups attached to an aromatic ring is 1. The third-order valence-electron chi connectivity index (χ3n) is 2.54. The molecule has 0 aliphatic heterocycles. The van der Waals surface area contributed by atoms with E-state index in [0.717, 1.165) is 17.5 Å². The molecule has 88 valence electrons. The van der Waals surface area contributed by atoms with Crippen molar-refractivity contribution in [3.63, 3.8) is 0 Å². The summed E-state index contributed by atoms with van der Waals surface area (Å²) >= 11 is 0. The van der Waals surface area contributed by atoms with Crippen LogP contribution >= 0.6 is 0 Å². The monoisotopic (exact) mass is 221 g/mol. The summed E-state index contributed by atoms with van der Waals surface area (Å²) in [6.45, 7) is 5.85. The van der Waals surface area contributed by atoms with Crippen LogP contribution in [0.2, 0.25) is 0 Å². The Morgan fingerprint density at radius 1 is 1.50 bits per heavy atom. The van der Waals surface area contributed by atoms with Crippen LogP contribution in [0.25, 0.3) is 0 Å². The van der Waals surface area contributed by atoms with Crippen molar-refractivity contribution >= 4 is 11.7 Å². The number of benzene rings is 1. The lowest BCUT2D eigenvalue weighted by Gasteiger charge is -2.11. The van der Waals surface area contributed by atoms with Crippen molar-refractivity contribution in [1.29, 1.82) is 0 Å². The molecule has 2 N–H and O–H groups in total. The van der Waals surface area contributed by atoms with Crippen molar-refractivity contribution in [2.75, 3.05) is 5.73 Å². The van der Waals surface area contributed by atoms with E-state index in [1.807, 2.05) is 39.0 Å². The molecule has 3 heteroatoms. The number of carbonyl (C=O) groups excluding carboxylic acids is 1. The van der Waals surface area contributed by atoms with Crippen LogP contribution in [0.3, 0.4) is 0 Å². The maximum Gasteiger partial charge on any atom is 0.310 e. The molecule has 0 amide bonds. The van der Waals surface area contributed by atoms with Gasteiger partial charge in [-0.1, -0.05) is 24.6 Å². The fraction of sp³-hybridized carbons (Fsp3) is 0.462. The third kappa shape index (κ3) is 3.57. The first-order valence-electron chi connectivity index (χ1n) is 5.57. The van der Waals surface area contributed by atoms with E-state index in [-0.39, 0.29) is 18.5 Å². The van der Waals surface area contributed by atoms with E-state index in [1.54, 1.807) is 0 Å². The largest absolute Gasteiger partial charge is 0.462 e. The maximum absolute atomic E-state index is 11.6. The first kappa shape index (κ1) is 12.6. The average Bonchev–Trinajstić information content (AvgIpc) is 2.23. The summed E-state index contributed by atoms with van der Waals surface area (Å²) in [6.07, 6.45) is 1.05. The zero-order valence-corrected chi connectivity index (χ0v) is 10.1. The summed E-state index contributed by atoms with van der Waals surface area (Å²) in [5.41, 5.74) is 8.38. The molecule has 0 aliphatic rings. The van der Waals surface area contributed by atoms with Gasteiger partial charge in [0, 0.05) is 5.69 Å². The van der Waals surface area contributed by atoms with Gasteiger partial charge in [-0.3, -0.25) is 4.79 Å². The van der Waals surface area contributed by atoms with Crippen molar-refractivity contribution in [3.05, 3.63) is 29.3 Å². The number of ether oxygens (including phenoxy) is 1. The quantitative estimate of drug-likeness (QED) is 0.627. The normalized spacial score (nSPS) is 12.2. The lowest BCUT2D eigenvalue weighted by molar-refractivity contribution is -0.147. The Kier molecular flexibility index (Phi) is 4.35. The van der Waals surface area contributed by atoms with Gasteiger partial charge < -0.3 is 10.5 Å². The molecule has 3 nitrogen and oxygen atoms in total. The Balaban J connectivity index is 2.65. The number of nitrogens with two attached hydrogens (primary N) is 1. The topological polar surface area (TPSA) is 52.3 Å². The van der Waals surface area contributed by atoms with Crippen LogP contribution in [0, 0.1) is 6.92 Å². The molecular formula is C13H19NO2. The van der Waals surface area contributed by atoms with Gasteiger partial charge in [0.05, 0.1) is 12.5 Å². The highest BCUT2D eigenvalue weighted by Crippen LogP contribution is 2.15. The molecule has 1 atom stereocenters. The van der Waals surface area contributed by atoms with Crippen LogP contribution in [0.4, 0.5) is 5.69 Å². The van der Waals surface area contributed by atoms with Crippen LogP contribution in [-0.2, 0) is 16.0 Å².